The SMILES string of the molecule is CN(C)S(=O)(=O)c1ccccc1NC(=O)CCNC(=O)c1ccccc1. The van der Waals surface area contributed by atoms with E-state index in [2.05, 4.69) is 10.6 Å². The molecule has 0 aliphatic heterocycles. The summed E-state index contributed by atoms with van der Waals surface area (Å²) >= 11 is 0. The van der Waals surface area contributed by atoms with Gasteiger partial charge in [-0.1, -0.05) is 30.3 Å². The van der Waals surface area contributed by atoms with Gasteiger partial charge < -0.3 is 10.6 Å². The fourth-order valence-corrected chi connectivity index (χ4v) is 3.23. The summed E-state index contributed by atoms with van der Waals surface area (Å²) in [6.07, 6.45) is 0.0227. The third kappa shape index (κ3) is 4.90. The second-order valence-electron chi connectivity index (χ2n) is 5.70. The second-order valence-corrected chi connectivity index (χ2v) is 7.82. The number of benzene rings is 2. The van der Waals surface area contributed by atoms with Gasteiger partial charge in [0.1, 0.15) is 4.90 Å². The molecule has 8 heteroatoms. The van der Waals surface area contributed by atoms with Crippen molar-refractivity contribution >= 4 is 27.5 Å². The normalized spacial score (nSPS) is 11.2. The van der Waals surface area contributed by atoms with Crippen LogP contribution in [0.1, 0.15) is 16.8 Å². The maximum atomic E-state index is 12.3. The first-order chi connectivity index (χ1) is 12.3. The summed E-state index contributed by atoms with van der Waals surface area (Å²) in [7, 11) is -0.827. The number of nitrogens with zero attached hydrogens (tertiary/aromatic N) is 1. The molecular weight excluding hydrogens is 354 g/mol. The van der Waals surface area contributed by atoms with Crippen LogP contribution in [0.5, 0.6) is 0 Å². The zero-order valence-electron chi connectivity index (χ0n) is 14.6. The van der Waals surface area contributed by atoms with Crippen molar-refractivity contribution in [2.24, 2.45) is 0 Å². The summed E-state index contributed by atoms with van der Waals surface area (Å²) in [6.45, 7) is 0.141. The molecule has 7 nitrogen and oxygen atoms in total. The Morgan fingerprint density at radius 3 is 2.23 bits per heavy atom. The molecule has 2 rings (SSSR count). The van der Waals surface area contributed by atoms with Crippen molar-refractivity contribution in [3.63, 3.8) is 0 Å². The Morgan fingerprint density at radius 2 is 1.58 bits per heavy atom. The van der Waals surface area contributed by atoms with Crippen LogP contribution in [0.15, 0.2) is 59.5 Å². The molecule has 0 spiro atoms. The largest absolute Gasteiger partial charge is 0.352 e. The number of para-hydroxylation sites is 1. The number of carbonyl (C=O) groups excluding carboxylic acids is 2. The molecule has 2 aromatic rings. The second kappa shape index (κ2) is 8.59. The summed E-state index contributed by atoms with van der Waals surface area (Å²) in [5, 5.41) is 5.24. The molecule has 2 amide bonds. The lowest BCUT2D eigenvalue weighted by Crippen LogP contribution is -2.28. The average molecular weight is 375 g/mol. The van der Waals surface area contributed by atoms with E-state index < -0.39 is 10.0 Å². The number of rotatable bonds is 7. The van der Waals surface area contributed by atoms with Crippen LogP contribution in [0.3, 0.4) is 0 Å². The van der Waals surface area contributed by atoms with Gasteiger partial charge in [0, 0.05) is 32.6 Å². The zero-order valence-corrected chi connectivity index (χ0v) is 15.4. The highest BCUT2D eigenvalue weighted by molar-refractivity contribution is 7.89. The van der Waals surface area contributed by atoms with Crippen molar-refractivity contribution in [2.45, 2.75) is 11.3 Å². The van der Waals surface area contributed by atoms with Gasteiger partial charge in [0.2, 0.25) is 15.9 Å². The molecular formula is C18H21N3O4S. The molecule has 138 valence electrons. The quantitative estimate of drug-likeness (QED) is 0.770. The van der Waals surface area contributed by atoms with Gasteiger partial charge in [0.25, 0.3) is 5.91 Å². The summed E-state index contributed by atoms with van der Waals surface area (Å²) in [4.78, 5) is 24.0. The molecule has 0 saturated carbocycles. The standard InChI is InChI=1S/C18H21N3O4S/c1-21(2)26(24,25)16-11-7-6-10-15(16)20-17(22)12-13-19-18(23)14-8-4-3-5-9-14/h3-11H,12-13H2,1-2H3,(H,19,23)(H,20,22). The Balaban J connectivity index is 1.96. The molecule has 2 aromatic carbocycles. The van der Waals surface area contributed by atoms with E-state index in [0.29, 0.717) is 5.56 Å². The van der Waals surface area contributed by atoms with Crippen molar-refractivity contribution in [2.75, 3.05) is 26.0 Å². The highest BCUT2D eigenvalue weighted by Gasteiger charge is 2.21. The van der Waals surface area contributed by atoms with Crippen LogP contribution in [0.2, 0.25) is 0 Å². The average Bonchev–Trinajstić information content (AvgIpc) is 2.62. The first-order valence-corrected chi connectivity index (χ1v) is 9.41. The molecule has 0 unspecified atom stereocenters. The van der Waals surface area contributed by atoms with Crippen LogP contribution in [-0.2, 0) is 14.8 Å². The monoisotopic (exact) mass is 375 g/mol. The van der Waals surface area contributed by atoms with Crippen molar-refractivity contribution in [1.29, 1.82) is 0 Å². The maximum Gasteiger partial charge on any atom is 0.251 e. The van der Waals surface area contributed by atoms with Gasteiger partial charge in [0.15, 0.2) is 0 Å². The molecule has 0 aromatic heterocycles. The number of carbonyl (C=O) groups is 2. The van der Waals surface area contributed by atoms with E-state index in [1.54, 1.807) is 36.4 Å². The van der Waals surface area contributed by atoms with Crippen LogP contribution < -0.4 is 10.6 Å². The molecule has 0 fully saturated rings. The molecule has 26 heavy (non-hydrogen) atoms. The molecule has 0 aliphatic carbocycles. The van der Waals surface area contributed by atoms with Gasteiger partial charge in [-0.05, 0) is 24.3 Å². The van der Waals surface area contributed by atoms with E-state index in [1.165, 1.54) is 26.2 Å². The third-order valence-corrected chi connectivity index (χ3v) is 5.47. The lowest BCUT2D eigenvalue weighted by Gasteiger charge is -2.15. The Morgan fingerprint density at radius 1 is 0.962 bits per heavy atom. The molecule has 2 N–H and O–H groups in total. The molecule has 0 saturated heterocycles. The highest BCUT2D eigenvalue weighted by Crippen LogP contribution is 2.23. The van der Waals surface area contributed by atoms with Gasteiger partial charge in [-0.25, -0.2) is 12.7 Å². The Kier molecular flexibility index (Phi) is 6.48. The lowest BCUT2D eigenvalue weighted by molar-refractivity contribution is -0.116. The number of hydrogen-bond acceptors (Lipinski definition) is 4. The molecule has 0 heterocycles. The van der Waals surface area contributed by atoms with Crippen molar-refractivity contribution < 1.29 is 18.0 Å². The van der Waals surface area contributed by atoms with Crippen LogP contribution >= 0.6 is 0 Å². The summed E-state index contributed by atoms with van der Waals surface area (Å²) in [5.74, 6) is -0.659. The number of sulfonamides is 1. The Bertz CT molecular complexity index is 880. The van der Waals surface area contributed by atoms with E-state index >= 15 is 0 Å². The van der Waals surface area contributed by atoms with Crippen LogP contribution in [0.4, 0.5) is 5.69 Å². The predicted molar refractivity (Wildman–Crippen MR) is 99.3 cm³/mol. The van der Waals surface area contributed by atoms with E-state index in [1.807, 2.05) is 6.07 Å². The van der Waals surface area contributed by atoms with Crippen LogP contribution in [-0.4, -0.2) is 45.2 Å². The molecule has 0 bridgehead atoms. The summed E-state index contributed by atoms with van der Waals surface area (Å²) in [6, 6.07) is 14.9. The number of amides is 2. The van der Waals surface area contributed by atoms with E-state index in [0.717, 1.165) is 4.31 Å². The van der Waals surface area contributed by atoms with Gasteiger partial charge >= 0.3 is 0 Å². The Hall–Kier alpha value is -2.71. The predicted octanol–water partition coefficient (Wildman–Crippen LogP) is 1.70. The number of anilines is 1. The first kappa shape index (κ1) is 19.6. The fourth-order valence-electron chi connectivity index (χ4n) is 2.19. The van der Waals surface area contributed by atoms with Gasteiger partial charge in [-0.3, -0.25) is 9.59 Å². The van der Waals surface area contributed by atoms with E-state index in [4.69, 9.17) is 0 Å². The molecule has 0 atom stereocenters. The van der Waals surface area contributed by atoms with Crippen molar-refractivity contribution in [1.82, 2.24) is 9.62 Å². The fraction of sp³-hybridized carbons (Fsp3) is 0.222. The minimum absolute atomic E-state index is 0.0201. The minimum Gasteiger partial charge on any atom is -0.352 e. The van der Waals surface area contributed by atoms with E-state index in [9.17, 15) is 18.0 Å². The lowest BCUT2D eigenvalue weighted by atomic mass is 10.2. The smallest absolute Gasteiger partial charge is 0.251 e. The minimum atomic E-state index is -3.67. The maximum absolute atomic E-state index is 12.3. The van der Waals surface area contributed by atoms with Crippen LogP contribution in [0, 0.1) is 0 Å². The third-order valence-electron chi connectivity index (χ3n) is 3.59. The first-order valence-electron chi connectivity index (χ1n) is 7.97. The van der Waals surface area contributed by atoms with Gasteiger partial charge in [-0.15, -0.1) is 0 Å². The molecule has 0 aliphatic rings. The van der Waals surface area contributed by atoms with Crippen molar-refractivity contribution in [3.05, 3.63) is 60.2 Å². The van der Waals surface area contributed by atoms with Gasteiger partial charge in [-0.2, -0.15) is 0 Å². The summed E-state index contributed by atoms with van der Waals surface area (Å²) < 4.78 is 25.7. The van der Waals surface area contributed by atoms with Gasteiger partial charge in [0.05, 0.1) is 5.69 Å². The topological polar surface area (TPSA) is 95.6 Å². The summed E-state index contributed by atoms with van der Waals surface area (Å²) in [5.41, 5.74) is 0.718. The van der Waals surface area contributed by atoms with Crippen molar-refractivity contribution in [3.8, 4) is 0 Å². The molecule has 0 radical (unpaired) electrons. The number of hydrogen-bond donors (Lipinski definition) is 2. The van der Waals surface area contributed by atoms with E-state index in [-0.39, 0.29) is 35.4 Å². The zero-order chi connectivity index (χ0) is 19.2. The Labute approximate surface area is 153 Å². The highest BCUT2D eigenvalue weighted by atomic mass is 32.2. The van der Waals surface area contributed by atoms with Crippen LogP contribution in [0.25, 0.3) is 0 Å². The number of nitrogens with one attached hydrogen (secondary N) is 2.